The van der Waals surface area contributed by atoms with Gasteiger partial charge in [0.1, 0.15) is 0 Å². The van der Waals surface area contributed by atoms with Gasteiger partial charge in [-0.3, -0.25) is 14.7 Å². The molecule has 3 aromatic rings. The van der Waals surface area contributed by atoms with E-state index in [0.29, 0.717) is 12.8 Å². The maximum Gasteiger partial charge on any atom is 0.271 e. The van der Waals surface area contributed by atoms with Gasteiger partial charge in [-0.05, 0) is 29.1 Å². The van der Waals surface area contributed by atoms with Gasteiger partial charge in [0.15, 0.2) is 0 Å². The molecular weight excluding hydrogens is 324 g/mol. The summed E-state index contributed by atoms with van der Waals surface area (Å²) < 4.78 is 1.52. The maximum atomic E-state index is 12.2. The molecule has 0 bridgehead atoms. The van der Waals surface area contributed by atoms with E-state index in [4.69, 9.17) is 0 Å². The molecule has 7 heteroatoms. The smallest absolute Gasteiger partial charge is 0.271 e. The van der Waals surface area contributed by atoms with Gasteiger partial charge in [0.25, 0.3) is 5.56 Å². The van der Waals surface area contributed by atoms with Gasteiger partial charge < -0.3 is 0 Å². The van der Waals surface area contributed by atoms with Crippen molar-refractivity contribution in [2.75, 3.05) is 0 Å². The molecule has 120 valence electrons. The summed E-state index contributed by atoms with van der Waals surface area (Å²) in [5.74, 6) is -0.0607. The Kier molecular flexibility index (Phi) is 3.62. The Balaban J connectivity index is 1.64. The van der Waals surface area contributed by atoms with Crippen LogP contribution in [0.2, 0.25) is 0 Å². The molecule has 0 radical (unpaired) electrons. The summed E-state index contributed by atoms with van der Waals surface area (Å²) in [6.07, 6.45) is 1.07. The number of nitrogens with zero attached hydrogens (tertiary/aromatic N) is 2. The molecule has 2 N–H and O–H groups in total. The van der Waals surface area contributed by atoms with Crippen LogP contribution >= 0.6 is 11.3 Å². The zero-order valence-electron chi connectivity index (χ0n) is 12.7. The highest BCUT2D eigenvalue weighted by atomic mass is 32.1. The van der Waals surface area contributed by atoms with Crippen molar-refractivity contribution in [2.45, 2.75) is 12.8 Å². The SMILES string of the molecule is O=C1CCC(c2ccc(-n3[nH]c(-c4cccs4)cc3=O)cc2)=NN1. The van der Waals surface area contributed by atoms with E-state index in [1.54, 1.807) is 17.4 Å². The third-order valence-electron chi connectivity index (χ3n) is 3.87. The molecule has 1 amide bonds. The minimum absolute atomic E-state index is 0.0607. The summed E-state index contributed by atoms with van der Waals surface area (Å²) in [7, 11) is 0. The van der Waals surface area contributed by atoms with E-state index in [1.807, 2.05) is 41.8 Å². The van der Waals surface area contributed by atoms with Crippen LogP contribution < -0.4 is 11.0 Å². The normalized spacial score (nSPS) is 14.3. The van der Waals surface area contributed by atoms with Crippen LogP contribution in [0.5, 0.6) is 0 Å². The molecule has 6 nitrogen and oxygen atoms in total. The first-order valence-corrected chi connectivity index (χ1v) is 8.41. The number of aromatic nitrogens is 2. The van der Waals surface area contributed by atoms with Gasteiger partial charge in [0, 0.05) is 18.9 Å². The molecule has 0 spiro atoms. The van der Waals surface area contributed by atoms with Crippen LogP contribution in [0.4, 0.5) is 0 Å². The number of carbonyl (C=O) groups excluding carboxylic acids is 1. The van der Waals surface area contributed by atoms with Gasteiger partial charge in [0.2, 0.25) is 5.91 Å². The lowest BCUT2D eigenvalue weighted by molar-refractivity contribution is -0.121. The molecular formula is C17H14N4O2S. The molecule has 0 aliphatic carbocycles. The second kappa shape index (κ2) is 5.93. The number of carbonyl (C=O) groups is 1. The van der Waals surface area contributed by atoms with E-state index in [2.05, 4.69) is 15.6 Å². The van der Waals surface area contributed by atoms with Crippen molar-refractivity contribution in [1.29, 1.82) is 0 Å². The predicted octanol–water partition coefficient (Wildman–Crippen LogP) is 2.51. The maximum absolute atomic E-state index is 12.2. The number of amides is 1. The van der Waals surface area contributed by atoms with Crippen LogP contribution in [-0.2, 0) is 4.79 Å². The summed E-state index contributed by atoms with van der Waals surface area (Å²) in [5.41, 5.74) is 5.74. The van der Waals surface area contributed by atoms with Gasteiger partial charge in [-0.1, -0.05) is 18.2 Å². The average molecular weight is 338 g/mol. The lowest BCUT2D eigenvalue weighted by Gasteiger charge is -2.12. The Hall–Kier alpha value is -2.93. The number of benzene rings is 1. The van der Waals surface area contributed by atoms with Crippen molar-refractivity contribution in [3.8, 4) is 16.3 Å². The first-order valence-electron chi connectivity index (χ1n) is 7.53. The molecule has 0 fully saturated rings. The van der Waals surface area contributed by atoms with E-state index in [1.165, 1.54) is 4.68 Å². The van der Waals surface area contributed by atoms with E-state index in [9.17, 15) is 9.59 Å². The first kappa shape index (κ1) is 14.6. The Morgan fingerprint density at radius 2 is 1.92 bits per heavy atom. The standard InChI is InChI=1S/C17H14N4O2S/c22-16-8-7-13(18-19-16)11-3-5-12(6-4-11)21-17(23)10-14(20-21)15-2-1-9-24-15/h1-6,9-10,20H,7-8H2,(H,19,22). The molecule has 0 unspecified atom stereocenters. The van der Waals surface area contributed by atoms with Crippen LogP contribution in [0.1, 0.15) is 18.4 Å². The van der Waals surface area contributed by atoms with Crippen LogP contribution in [0, 0.1) is 0 Å². The monoisotopic (exact) mass is 338 g/mol. The van der Waals surface area contributed by atoms with Crippen molar-refractivity contribution in [1.82, 2.24) is 15.2 Å². The highest BCUT2D eigenvalue weighted by Gasteiger charge is 2.13. The molecule has 24 heavy (non-hydrogen) atoms. The Morgan fingerprint density at radius 1 is 1.08 bits per heavy atom. The second-order valence-corrected chi connectivity index (χ2v) is 6.41. The van der Waals surface area contributed by atoms with Crippen molar-refractivity contribution in [3.63, 3.8) is 0 Å². The number of hydrogen-bond donors (Lipinski definition) is 2. The quantitative estimate of drug-likeness (QED) is 0.769. The zero-order valence-corrected chi connectivity index (χ0v) is 13.5. The van der Waals surface area contributed by atoms with Gasteiger partial charge in [0.05, 0.1) is 22.0 Å². The first-order chi connectivity index (χ1) is 11.7. The molecule has 1 aliphatic rings. The second-order valence-electron chi connectivity index (χ2n) is 5.46. The van der Waals surface area contributed by atoms with E-state index >= 15 is 0 Å². The number of thiophene rings is 1. The molecule has 0 saturated heterocycles. The molecule has 0 saturated carbocycles. The van der Waals surface area contributed by atoms with Crippen LogP contribution in [0.25, 0.3) is 16.3 Å². The number of H-pyrrole nitrogens is 1. The summed E-state index contributed by atoms with van der Waals surface area (Å²) in [6, 6.07) is 13.1. The molecule has 2 aromatic heterocycles. The largest absolute Gasteiger partial charge is 0.289 e. The lowest BCUT2D eigenvalue weighted by Crippen LogP contribution is -2.25. The average Bonchev–Trinajstić information content (AvgIpc) is 3.25. The van der Waals surface area contributed by atoms with Gasteiger partial charge in [-0.2, -0.15) is 5.10 Å². The van der Waals surface area contributed by atoms with Crippen molar-refractivity contribution >= 4 is 23.0 Å². The van der Waals surface area contributed by atoms with Gasteiger partial charge in [-0.25, -0.2) is 10.1 Å². The van der Waals surface area contributed by atoms with E-state index in [-0.39, 0.29) is 11.5 Å². The lowest BCUT2D eigenvalue weighted by atomic mass is 10.0. The highest BCUT2D eigenvalue weighted by molar-refractivity contribution is 7.13. The fourth-order valence-electron chi connectivity index (χ4n) is 2.63. The number of aromatic amines is 1. The summed E-state index contributed by atoms with van der Waals surface area (Å²) in [6.45, 7) is 0. The van der Waals surface area contributed by atoms with Crippen LogP contribution in [0.15, 0.2) is 57.7 Å². The molecule has 1 aromatic carbocycles. The van der Waals surface area contributed by atoms with E-state index in [0.717, 1.165) is 27.5 Å². The number of hydrogen-bond acceptors (Lipinski definition) is 4. The third-order valence-corrected chi connectivity index (χ3v) is 4.77. The Labute approximate surface area is 141 Å². The topological polar surface area (TPSA) is 79.2 Å². The minimum atomic E-state index is -0.103. The van der Waals surface area contributed by atoms with Gasteiger partial charge >= 0.3 is 0 Å². The Bertz CT molecular complexity index is 965. The molecule has 1 aliphatic heterocycles. The molecule has 3 heterocycles. The third kappa shape index (κ3) is 2.69. The van der Waals surface area contributed by atoms with Crippen LogP contribution in [0.3, 0.4) is 0 Å². The fourth-order valence-corrected chi connectivity index (χ4v) is 3.32. The van der Waals surface area contributed by atoms with E-state index < -0.39 is 0 Å². The van der Waals surface area contributed by atoms with Crippen molar-refractivity contribution < 1.29 is 4.79 Å². The summed E-state index contributed by atoms with van der Waals surface area (Å²) >= 11 is 1.58. The van der Waals surface area contributed by atoms with Crippen molar-refractivity contribution in [2.24, 2.45) is 5.10 Å². The summed E-state index contributed by atoms with van der Waals surface area (Å²) in [5, 5.41) is 9.19. The minimum Gasteiger partial charge on any atom is -0.289 e. The predicted molar refractivity (Wildman–Crippen MR) is 93.6 cm³/mol. The number of rotatable bonds is 3. The Morgan fingerprint density at radius 3 is 2.58 bits per heavy atom. The highest BCUT2D eigenvalue weighted by Crippen LogP contribution is 2.22. The van der Waals surface area contributed by atoms with Crippen LogP contribution in [-0.4, -0.2) is 21.4 Å². The fraction of sp³-hybridized carbons (Fsp3) is 0.118. The molecule has 4 rings (SSSR count). The zero-order chi connectivity index (χ0) is 16.5. The number of nitrogens with one attached hydrogen (secondary N) is 2. The summed E-state index contributed by atoms with van der Waals surface area (Å²) in [4.78, 5) is 24.4. The van der Waals surface area contributed by atoms with Crippen molar-refractivity contribution in [3.05, 3.63) is 63.8 Å². The van der Waals surface area contributed by atoms with Gasteiger partial charge in [-0.15, -0.1) is 11.3 Å². The molecule has 0 atom stereocenters. The number of hydrazone groups is 1.